The molecule has 0 aliphatic carbocycles. The molecule has 0 heterocycles. The van der Waals surface area contributed by atoms with E-state index in [0.717, 1.165) is 21.5 Å². The van der Waals surface area contributed by atoms with E-state index < -0.39 is 5.96 Å². The van der Waals surface area contributed by atoms with Crippen molar-refractivity contribution < 1.29 is 14.2 Å². The van der Waals surface area contributed by atoms with E-state index in [1.54, 1.807) is 21.3 Å². The first-order valence-corrected chi connectivity index (χ1v) is 14.1. The average Bonchev–Trinajstić information content (AvgIpc) is 2.89. The summed E-state index contributed by atoms with van der Waals surface area (Å²) >= 11 is 8.19. The van der Waals surface area contributed by atoms with E-state index in [-0.39, 0.29) is 0 Å². The number of benzene rings is 4. The van der Waals surface area contributed by atoms with E-state index in [1.807, 2.05) is 30.3 Å². The monoisotopic (exact) mass is 478 g/mol. The molecule has 0 aliphatic heterocycles. The van der Waals surface area contributed by atoms with Gasteiger partial charge in [0.05, 0.1) is 0 Å². The molecule has 0 amide bonds. The van der Waals surface area contributed by atoms with Crippen molar-refractivity contribution in [1.82, 2.24) is 0 Å². The van der Waals surface area contributed by atoms with Crippen molar-refractivity contribution in [1.29, 1.82) is 0 Å². The minimum atomic E-state index is -3.46. The van der Waals surface area contributed by atoms with Gasteiger partial charge in [-0.1, -0.05) is 0 Å². The van der Waals surface area contributed by atoms with Crippen LogP contribution in [0.1, 0.15) is 5.56 Å². The molecule has 170 valence electrons. The van der Waals surface area contributed by atoms with Crippen molar-refractivity contribution >= 4 is 33.1 Å². The van der Waals surface area contributed by atoms with Crippen LogP contribution in [0.5, 0.6) is 17.2 Å². The normalized spacial score (nSPS) is 12.4. The van der Waals surface area contributed by atoms with Gasteiger partial charge in [-0.15, -0.1) is 0 Å². The summed E-state index contributed by atoms with van der Waals surface area (Å²) in [6, 6.07) is 35.3. The van der Waals surface area contributed by atoms with Gasteiger partial charge < -0.3 is 0 Å². The molecule has 0 unspecified atom stereocenters. The van der Waals surface area contributed by atoms with E-state index >= 15 is 0 Å². The second-order valence-electron chi connectivity index (χ2n) is 7.88. The van der Waals surface area contributed by atoms with Gasteiger partial charge in [-0.2, -0.15) is 0 Å². The molecular formula is C28H28ClO3P. The van der Waals surface area contributed by atoms with Gasteiger partial charge in [0, 0.05) is 0 Å². The Kier molecular flexibility index (Phi) is 6.65. The van der Waals surface area contributed by atoms with Crippen molar-refractivity contribution in [2.24, 2.45) is 0 Å². The van der Waals surface area contributed by atoms with Crippen LogP contribution in [0.15, 0.2) is 103 Å². The molecule has 4 rings (SSSR count). The zero-order valence-corrected chi connectivity index (χ0v) is 20.7. The number of ether oxygens (including phenoxy) is 3. The molecule has 0 fully saturated rings. The van der Waals surface area contributed by atoms with Crippen LogP contribution >= 0.6 is 17.2 Å². The molecule has 0 atom stereocenters. The van der Waals surface area contributed by atoms with Crippen LogP contribution in [-0.4, -0.2) is 21.3 Å². The van der Waals surface area contributed by atoms with Crippen molar-refractivity contribution in [2.75, 3.05) is 21.3 Å². The van der Waals surface area contributed by atoms with E-state index in [1.165, 1.54) is 0 Å². The van der Waals surface area contributed by atoms with Crippen molar-refractivity contribution in [3.8, 4) is 17.2 Å². The number of halogens is 1. The Hall–Kier alpha value is -3.00. The summed E-state index contributed by atoms with van der Waals surface area (Å²) in [6.45, 7) is 0. The van der Waals surface area contributed by atoms with Crippen LogP contribution in [0, 0.1) is 0 Å². The minimum absolute atomic E-state index is 0.567. The second kappa shape index (κ2) is 9.47. The molecule has 0 aromatic heterocycles. The van der Waals surface area contributed by atoms with Gasteiger partial charge in [0.1, 0.15) is 0 Å². The third-order valence-corrected chi connectivity index (χ3v) is 13.3. The second-order valence-corrected chi connectivity index (χ2v) is 14.4. The Labute approximate surface area is 200 Å². The van der Waals surface area contributed by atoms with Crippen LogP contribution in [-0.2, 0) is 6.16 Å². The summed E-state index contributed by atoms with van der Waals surface area (Å²) in [7, 11) is 4.87. The Bertz CT molecular complexity index is 1090. The fraction of sp³-hybridized carbons (Fsp3) is 0.143. The number of methoxy groups -OCH3 is 3. The third kappa shape index (κ3) is 3.97. The molecule has 33 heavy (non-hydrogen) atoms. The molecule has 0 saturated carbocycles. The summed E-state index contributed by atoms with van der Waals surface area (Å²) in [6.07, 6.45) is 0.585. The van der Waals surface area contributed by atoms with Crippen LogP contribution in [0.2, 0.25) is 0 Å². The van der Waals surface area contributed by atoms with Crippen molar-refractivity contribution in [2.45, 2.75) is 6.16 Å². The summed E-state index contributed by atoms with van der Waals surface area (Å²) < 4.78 is 16.9. The molecule has 0 spiro atoms. The molecule has 0 bridgehead atoms. The Balaban J connectivity index is 2.07. The summed E-state index contributed by atoms with van der Waals surface area (Å²) in [5, 5.41) is 3.32. The molecule has 0 saturated heterocycles. The van der Waals surface area contributed by atoms with Crippen LogP contribution in [0.3, 0.4) is 0 Å². The maximum absolute atomic E-state index is 8.19. The van der Waals surface area contributed by atoms with Crippen molar-refractivity contribution in [3.63, 3.8) is 0 Å². The molecule has 4 aromatic rings. The molecule has 3 nitrogen and oxygen atoms in total. The van der Waals surface area contributed by atoms with E-state index in [2.05, 4.69) is 72.8 Å². The first-order valence-electron chi connectivity index (χ1n) is 10.7. The van der Waals surface area contributed by atoms with E-state index in [9.17, 15) is 0 Å². The Morgan fingerprint density at radius 2 is 0.939 bits per heavy atom. The summed E-state index contributed by atoms with van der Waals surface area (Å²) in [5.41, 5.74) is 1.01. The summed E-state index contributed by atoms with van der Waals surface area (Å²) in [4.78, 5) is 0. The molecule has 0 radical (unpaired) electrons. The predicted octanol–water partition coefficient (Wildman–Crippen LogP) is 5.90. The average molecular weight is 479 g/mol. The van der Waals surface area contributed by atoms with Gasteiger partial charge in [0.25, 0.3) is 0 Å². The number of hydrogen-bond donors (Lipinski definition) is 0. The quantitative estimate of drug-likeness (QED) is 0.295. The first-order chi connectivity index (χ1) is 16.0. The van der Waals surface area contributed by atoms with Crippen LogP contribution in [0.4, 0.5) is 0 Å². The zero-order chi connectivity index (χ0) is 23.3. The topological polar surface area (TPSA) is 27.7 Å². The third-order valence-electron chi connectivity index (χ3n) is 6.09. The standard InChI is InChI=1S/C28H28ClO3P/c1-30-26-19-22(20-27(31-2)28(26)32-3)21-33(29,23-13-7-4-8-14-23,24-15-9-5-10-16-24)25-17-11-6-12-18-25/h4-20H,21H2,1-3H3. The maximum atomic E-state index is 8.19. The SMILES string of the molecule is COc1cc(CP(Cl)(c2ccccc2)(c2ccccc2)c2ccccc2)cc(OC)c1OC. The van der Waals surface area contributed by atoms with Gasteiger partial charge in [-0.25, -0.2) is 0 Å². The predicted molar refractivity (Wildman–Crippen MR) is 141 cm³/mol. The van der Waals surface area contributed by atoms with Gasteiger partial charge in [-0.05, 0) is 0 Å². The first kappa shape index (κ1) is 23.2. The zero-order valence-electron chi connectivity index (χ0n) is 19.1. The molecule has 5 heteroatoms. The number of rotatable bonds is 8. The fourth-order valence-electron chi connectivity index (χ4n) is 4.51. The summed E-state index contributed by atoms with van der Waals surface area (Å²) in [5.74, 6) is -1.67. The Morgan fingerprint density at radius 3 is 1.24 bits per heavy atom. The van der Waals surface area contributed by atoms with E-state index in [4.69, 9.17) is 25.5 Å². The van der Waals surface area contributed by atoms with Gasteiger partial charge in [0.2, 0.25) is 0 Å². The fourth-order valence-corrected chi connectivity index (χ4v) is 10.6. The van der Waals surface area contributed by atoms with Gasteiger partial charge in [-0.3, -0.25) is 0 Å². The molecule has 0 N–H and O–H groups in total. The Morgan fingerprint density at radius 1 is 0.576 bits per heavy atom. The van der Waals surface area contributed by atoms with E-state index in [0.29, 0.717) is 23.4 Å². The number of hydrogen-bond acceptors (Lipinski definition) is 3. The molecule has 0 aliphatic rings. The van der Waals surface area contributed by atoms with Crippen LogP contribution in [0.25, 0.3) is 0 Å². The van der Waals surface area contributed by atoms with Gasteiger partial charge >= 0.3 is 201 Å². The molecule has 4 aromatic carbocycles. The molecular weight excluding hydrogens is 451 g/mol. The van der Waals surface area contributed by atoms with Gasteiger partial charge in [0.15, 0.2) is 0 Å². The van der Waals surface area contributed by atoms with Crippen molar-refractivity contribution in [3.05, 3.63) is 109 Å². The van der Waals surface area contributed by atoms with Crippen LogP contribution < -0.4 is 30.1 Å².